The number of nitrogens with one attached hydrogen (secondary N) is 2. The Kier molecular flexibility index (Phi) is 12.1. The Bertz CT molecular complexity index is 1390. The molecule has 0 bridgehead atoms. The van der Waals surface area contributed by atoms with E-state index in [1.54, 1.807) is 58.9 Å². The number of amides is 3. The summed E-state index contributed by atoms with van der Waals surface area (Å²) >= 11 is 1.25. The number of thioether (sulfide) groups is 1. The standard InChI is InChI=1S/C31H38F3N3O7S/c1-17(2)26(29(40)41)43-21-8-6-18(7-9-21)16-35-27(39)28-37(10-11-45-28)25(38)14-20(36-30(42)44-31(3,4)5)12-19-13-23(33)24(34)15-22(19)32/h6-9,13,15,17,20,26,28H,10-12,14,16H2,1-5H3,(H,35,39)(H,36,42)(H,40,41)/t20-,26-,28+/m1/s1. The molecule has 246 valence electrons. The molecule has 1 aliphatic rings. The van der Waals surface area contributed by atoms with Crippen molar-refractivity contribution in [3.05, 3.63) is 65.0 Å². The van der Waals surface area contributed by atoms with Gasteiger partial charge in [-0.05, 0) is 56.5 Å². The first-order valence-electron chi connectivity index (χ1n) is 14.3. The number of benzene rings is 2. The normalized spacial score (nSPS) is 16.2. The molecule has 0 aliphatic carbocycles. The number of carbonyl (C=O) groups is 4. The van der Waals surface area contributed by atoms with Gasteiger partial charge in [0.1, 0.15) is 17.2 Å². The zero-order chi connectivity index (χ0) is 33.5. The maximum Gasteiger partial charge on any atom is 0.407 e. The lowest BCUT2D eigenvalue weighted by Crippen LogP contribution is -2.48. The van der Waals surface area contributed by atoms with Crippen LogP contribution in [0.1, 0.15) is 52.2 Å². The van der Waals surface area contributed by atoms with Crippen molar-refractivity contribution in [1.29, 1.82) is 0 Å². The molecule has 0 radical (unpaired) electrons. The third kappa shape index (κ3) is 10.6. The lowest BCUT2D eigenvalue weighted by Gasteiger charge is -2.27. The van der Waals surface area contributed by atoms with Crippen LogP contribution in [0.25, 0.3) is 0 Å². The Morgan fingerprint density at radius 3 is 2.29 bits per heavy atom. The van der Waals surface area contributed by atoms with Gasteiger partial charge in [0.2, 0.25) is 5.91 Å². The molecule has 1 heterocycles. The molecule has 3 N–H and O–H groups in total. The number of nitrogens with zero attached hydrogens (tertiary/aromatic N) is 1. The fourth-order valence-corrected chi connectivity index (χ4v) is 5.65. The van der Waals surface area contributed by atoms with E-state index in [9.17, 15) is 37.5 Å². The number of carboxylic acid groups (broad SMARTS) is 1. The van der Waals surface area contributed by atoms with Crippen LogP contribution in [0.3, 0.4) is 0 Å². The van der Waals surface area contributed by atoms with Crippen molar-refractivity contribution < 1.29 is 46.9 Å². The highest BCUT2D eigenvalue weighted by Crippen LogP contribution is 2.26. The van der Waals surface area contributed by atoms with Crippen LogP contribution >= 0.6 is 11.8 Å². The maximum absolute atomic E-state index is 14.4. The van der Waals surface area contributed by atoms with Crippen LogP contribution < -0.4 is 15.4 Å². The van der Waals surface area contributed by atoms with Crippen LogP contribution in [0.4, 0.5) is 18.0 Å². The number of carbonyl (C=O) groups excluding carboxylic acids is 3. The largest absolute Gasteiger partial charge is 0.478 e. The van der Waals surface area contributed by atoms with Crippen molar-refractivity contribution in [2.45, 2.75) is 77.1 Å². The molecular formula is C31H38F3N3O7S. The molecule has 1 saturated heterocycles. The molecule has 14 heteroatoms. The van der Waals surface area contributed by atoms with E-state index in [4.69, 9.17) is 9.47 Å². The second kappa shape index (κ2) is 15.4. The zero-order valence-corrected chi connectivity index (χ0v) is 26.5. The third-order valence-electron chi connectivity index (χ3n) is 6.64. The molecule has 3 rings (SSSR count). The summed E-state index contributed by atoms with van der Waals surface area (Å²) in [6.07, 6.45) is -2.59. The Hall–Kier alpha value is -3.94. The third-order valence-corrected chi connectivity index (χ3v) is 7.84. The molecule has 45 heavy (non-hydrogen) atoms. The summed E-state index contributed by atoms with van der Waals surface area (Å²) in [6.45, 7) is 8.75. The Morgan fingerprint density at radius 2 is 1.69 bits per heavy atom. The first-order valence-corrected chi connectivity index (χ1v) is 15.4. The van der Waals surface area contributed by atoms with Gasteiger partial charge >= 0.3 is 12.1 Å². The first kappa shape index (κ1) is 35.5. The van der Waals surface area contributed by atoms with Gasteiger partial charge in [-0.25, -0.2) is 22.8 Å². The smallest absolute Gasteiger partial charge is 0.407 e. The summed E-state index contributed by atoms with van der Waals surface area (Å²) in [6, 6.07) is 6.59. The summed E-state index contributed by atoms with van der Waals surface area (Å²) in [4.78, 5) is 51.7. The lowest BCUT2D eigenvalue weighted by atomic mass is 10.0. The van der Waals surface area contributed by atoms with Crippen molar-refractivity contribution in [3.63, 3.8) is 0 Å². The van der Waals surface area contributed by atoms with Crippen LogP contribution in [0.15, 0.2) is 36.4 Å². The molecule has 3 atom stereocenters. The van der Waals surface area contributed by atoms with Crippen molar-refractivity contribution in [2.24, 2.45) is 5.92 Å². The molecule has 3 amide bonds. The number of carboxylic acids is 1. The quantitative estimate of drug-likeness (QED) is 0.283. The van der Waals surface area contributed by atoms with Gasteiger partial charge in [-0.15, -0.1) is 11.8 Å². The predicted octanol–water partition coefficient (Wildman–Crippen LogP) is 4.64. The lowest BCUT2D eigenvalue weighted by molar-refractivity contribution is -0.147. The number of halogens is 3. The highest BCUT2D eigenvalue weighted by atomic mass is 32.2. The first-order chi connectivity index (χ1) is 21.0. The second-order valence-corrected chi connectivity index (χ2v) is 13.1. The van der Waals surface area contributed by atoms with E-state index in [2.05, 4.69) is 10.6 Å². The molecule has 10 nitrogen and oxygen atoms in total. The number of hydrogen-bond donors (Lipinski definition) is 3. The molecule has 0 spiro atoms. The number of rotatable bonds is 12. The van der Waals surface area contributed by atoms with Crippen molar-refractivity contribution in [3.8, 4) is 5.75 Å². The van der Waals surface area contributed by atoms with Gasteiger partial charge in [-0.1, -0.05) is 26.0 Å². The SMILES string of the molecule is CC(C)[C@@H](Oc1ccc(CNC(=O)[C@@H]2SCCN2C(=O)C[C@@H](Cc2cc(F)c(F)cc2F)NC(=O)OC(C)(C)C)cc1)C(=O)O. The zero-order valence-electron chi connectivity index (χ0n) is 25.7. The van der Waals surface area contributed by atoms with Crippen LogP contribution in [-0.2, 0) is 32.1 Å². The molecule has 2 aromatic carbocycles. The summed E-state index contributed by atoms with van der Waals surface area (Å²) in [5.41, 5.74) is -0.404. The minimum absolute atomic E-state index is 0.128. The van der Waals surface area contributed by atoms with E-state index in [1.165, 1.54) is 16.7 Å². The van der Waals surface area contributed by atoms with Crippen LogP contribution in [-0.4, -0.2) is 69.3 Å². The number of alkyl carbamates (subject to hydrolysis) is 1. The minimum Gasteiger partial charge on any atom is -0.478 e. The van der Waals surface area contributed by atoms with Crippen molar-refractivity contribution in [2.75, 3.05) is 12.3 Å². The average molecular weight is 654 g/mol. The van der Waals surface area contributed by atoms with E-state index in [0.717, 1.165) is 0 Å². The highest BCUT2D eigenvalue weighted by molar-refractivity contribution is 8.00. The van der Waals surface area contributed by atoms with Gasteiger partial charge in [-0.3, -0.25) is 9.59 Å². The van der Waals surface area contributed by atoms with Gasteiger partial charge in [0.25, 0.3) is 5.91 Å². The maximum atomic E-state index is 14.4. The van der Waals surface area contributed by atoms with Crippen molar-refractivity contribution >= 4 is 35.6 Å². The fraction of sp³-hybridized carbons (Fsp3) is 0.484. The minimum atomic E-state index is -1.37. The molecule has 0 unspecified atom stereocenters. The van der Waals surface area contributed by atoms with Crippen LogP contribution in [0, 0.1) is 23.4 Å². The molecule has 1 aliphatic heterocycles. The van der Waals surface area contributed by atoms with Gasteiger partial charge in [0.15, 0.2) is 23.1 Å². The average Bonchev–Trinajstić information content (AvgIpc) is 3.43. The number of aliphatic carboxylic acids is 1. The van der Waals surface area contributed by atoms with Crippen LogP contribution in [0.2, 0.25) is 0 Å². The van der Waals surface area contributed by atoms with E-state index >= 15 is 0 Å². The van der Waals surface area contributed by atoms with Gasteiger partial charge in [-0.2, -0.15) is 0 Å². The van der Waals surface area contributed by atoms with Gasteiger partial charge in [0, 0.05) is 43.3 Å². The van der Waals surface area contributed by atoms with Crippen molar-refractivity contribution in [1.82, 2.24) is 15.5 Å². The molecule has 2 aromatic rings. The summed E-state index contributed by atoms with van der Waals surface area (Å²) in [5, 5.41) is 13.8. The van der Waals surface area contributed by atoms with E-state index in [0.29, 0.717) is 29.2 Å². The number of ether oxygens (including phenoxy) is 2. The monoisotopic (exact) mass is 653 g/mol. The topological polar surface area (TPSA) is 134 Å². The summed E-state index contributed by atoms with van der Waals surface area (Å²) in [7, 11) is 0. The van der Waals surface area contributed by atoms with Gasteiger partial charge in [0.05, 0.1) is 0 Å². The molecular weight excluding hydrogens is 615 g/mol. The molecule has 0 aromatic heterocycles. The van der Waals surface area contributed by atoms with Gasteiger partial charge < -0.3 is 30.1 Å². The summed E-state index contributed by atoms with van der Waals surface area (Å²) in [5.74, 6) is -5.09. The fourth-order valence-electron chi connectivity index (χ4n) is 4.49. The van der Waals surface area contributed by atoms with E-state index < -0.39 is 64.4 Å². The Morgan fingerprint density at radius 1 is 1.04 bits per heavy atom. The Balaban J connectivity index is 1.65. The molecule has 1 fully saturated rings. The van der Waals surface area contributed by atoms with E-state index in [1.807, 2.05) is 0 Å². The second-order valence-electron chi connectivity index (χ2n) is 11.9. The van der Waals surface area contributed by atoms with Crippen LogP contribution in [0.5, 0.6) is 5.75 Å². The predicted molar refractivity (Wildman–Crippen MR) is 161 cm³/mol. The highest BCUT2D eigenvalue weighted by Gasteiger charge is 2.36. The summed E-state index contributed by atoms with van der Waals surface area (Å²) < 4.78 is 52.6. The Labute approximate surface area is 264 Å². The molecule has 0 saturated carbocycles. The van der Waals surface area contributed by atoms with E-state index in [-0.39, 0.29) is 37.4 Å². The number of hydrogen-bond acceptors (Lipinski definition) is 7.